The molecule has 0 bridgehead atoms. The van der Waals surface area contributed by atoms with E-state index in [1.54, 1.807) is 0 Å². The summed E-state index contributed by atoms with van der Waals surface area (Å²) in [5.41, 5.74) is 13.8. The van der Waals surface area contributed by atoms with Crippen LogP contribution in [-0.4, -0.2) is 0 Å². The van der Waals surface area contributed by atoms with Gasteiger partial charge < -0.3 is 0 Å². The average Bonchev–Trinajstić information content (AvgIpc) is 2.87. The molecule has 0 saturated heterocycles. The van der Waals surface area contributed by atoms with Gasteiger partial charge in [0.2, 0.25) is 0 Å². The molecule has 0 nitrogen and oxygen atoms in total. The maximum absolute atomic E-state index is 2.46. The van der Waals surface area contributed by atoms with Crippen molar-refractivity contribution in [3.05, 3.63) is 107 Å². The Labute approximate surface area is 219 Å². The Morgan fingerprint density at radius 3 is 1.19 bits per heavy atom. The number of hydrogen-bond acceptors (Lipinski definition) is 0. The van der Waals surface area contributed by atoms with Crippen LogP contribution in [0.2, 0.25) is 0 Å². The van der Waals surface area contributed by atoms with Gasteiger partial charge in [-0.05, 0) is 85.4 Å². The number of hydrogen-bond donors (Lipinski definition) is 0. The molecule has 36 heavy (non-hydrogen) atoms. The lowest BCUT2D eigenvalue weighted by molar-refractivity contribution is 0.835. The van der Waals surface area contributed by atoms with Crippen LogP contribution in [0.1, 0.15) is 101 Å². The topological polar surface area (TPSA) is 0 Å². The monoisotopic (exact) mass is 474 g/mol. The maximum Gasteiger partial charge on any atom is -0.00933 e. The summed E-state index contributed by atoms with van der Waals surface area (Å²) in [4.78, 5) is 0. The van der Waals surface area contributed by atoms with Crippen LogP contribution < -0.4 is 0 Å². The second-order valence-electron chi connectivity index (χ2n) is 11.4. The van der Waals surface area contributed by atoms with Gasteiger partial charge in [0.05, 0.1) is 0 Å². The Balaban J connectivity index is 2.16. The van der Waals surface area contributed by atoms with Gasteiger partial charge in [-0.15, -0.1) is 0 Å². The van der Waals surface area contributed by atoms with Crippen molar-refractivity contribution >= 4 is 0 Å². The van der Waals surface area contributed by atoms with E-state index in [2.05, 4.69) is 140 Å². The minimum absolute atomic E-state index is 0.442. The quantitative estimate of drug-likeness (QED) is 0.250. The first-order valence-corrected chi connectivity index (χ1v) is 13.7. The fourth-order valence-corrected chi connectivity index (χ4v) is 5.50. The molecule has 0 N–H and O–H groups in total. The van der Waals surface area contributed by atoms with Crippen molar-refractivity contribution in [3.8, 4) is 33.4 Å². The molecule has 0 heteroatoms. The molecule has 0 amide bonds. The third-order valence-electron chi connectivity index (χ3n) is 7.41. The zero-order valence-electron chi connectivity index (χ0n) is 23.4. The van der Waals surface area contributed by atoms with Gasteiger partial charge in [-0.2, -0.15) is 0 Å². The molecule has 0 unspecified atom stereocenters. The van der Waals surface area contributed by atoms with E-state index in [1.165, 1.54) is 55.6 Å². The van der Waals surface area contributed by atoms with Crippen molar-refractivity contribution in [1.29, 1.82) is 0 Å². The highest BCUT2D eigenvalue weighted by molar-refractivity contribution is 5.92. The van der Waals surface area contributed by atoms with Crippen molar-refractivity contribution in [1.82, 2.24) is 0 Å². The lowest BCUT2D eigenvalue weighted by Crippen LogP contribution is -2.04. The van der Waals surface area contributed by atoms with Crippen molar-refractivity contribution < 1.29 is 0 Å². The molecule has 4 aromatic rings. The Kier molecular flexibility index (Phi) is 7.84. The summed E-state index contributed by atoms with van der Waals surface area (Å²) < 4.78 is 0. The van der Waals surface area contributed by atoms with Crippen molar-refractivity contribution in [2.24, 2.45) is 0 Å². The van der Waals surface area contributed by atoms with E-state index in [-0.39, 0.29) is 0 Å². The number of benzene rings is 4. The van der Waals surface area contributed by atoms with Gasteiger partial charge in [-0.3, -0.25) is 0 Å². The summed E-state index contributed by atoms with van der Waals surface area (Å²) in [6.07, 6.45) is 0. The summed E-state index contributed by atoms with van der Waals surface area (Å²) in [5, 5.41) is 0. The maximum atomic E-state index is 2.46. The van der Waals surface area contributed by atoms with Crippen LogP contribution in [0.4, 0.5) is 0 Å². The fourth-order valence-electron chi connectivity index (χ4n) is 5.50. The molecule has 0 fully saturated rings. The van der Waals surface area contributed by atoms with Gasteiger partial charge in [0, 0.05) is 0 Å². The smallest absolute Gasteiger partial charge is 0.00933 e. The lowest BCUT2D eigenvalue weighted by Gasteiger charge is -2.26. The molecule has 0 aliphatic carbocycles. The normalized spacial score (nSPS) is 11.8. The second-order valence-corrected chi connectivity index (χ2v) is 11.4. The van der Waals surface area contributed by atoms with Crippen LogP contribution in [0, 0.1) is 0 Å². The zero-order valence-corrected chi connectivity index (χ0v) is 23.4. The van der Waals surface area contributed by atoms with Crippen LogP contribution in [-0.2, 0) is 0 Å². The zero-order chi connectivity index (χ0) is 26.0. The Morgan fingerprint density at radius 2 is 0.778 bits per heavy atom. The fraction of sp³-hybridized carbons (Fsp3) is 0.333. The van der Waals surface area contributed by atoms with E-state index < -0.39 is 0 Å². The highest BCUT2D eigenvalue weighted by Crippen LogP contribution is 2.46. The Morgan fingerprint density at radius 1 is 0.361 bits per heavy atom. The standard InChI is InChI=1S/C36H42/c1-23(2)29-16-12-17-30(24(3)4)35(29)33-21-20-28(27-14-10-9-11-15-27)22-34(33)36-31(25(5)6)18-13-19-32(36)26(7)8/h9-26H,1-8H3. The van der Waals surface area contributed by atoms with Gasteiger partial charge in [-0.25, -0.2) is 0 Å². The Bertz CT molecular complexity index is 1270. The predicted molar refractivity (Wildman–Crippen MR) is 159 cm³/mol. The molecule has 0 aliphatic rings. The van der Waals surface area contributed by atoms with Gasteiger partial charge >= 0.3 is 0 Å². The minimum atomic E-state index is 0.442. The van der Waals surface area contributed by atoms with E-state index in [0.717, 1.165) is 0 Å². The van der Waals surface area contributed by atoms with E-state index in [1.807, 2.05) is 0 Å². The molecule has 0 saturated carbocycles. The summed E-state index contributed by atoms with van der Waals surface area (Å²) in [6.45, 7) is 18.6. The van der Waals surface area contributed by atoms with Crippen LogP contribution in [0.3, 0.4) is 0 Å². The van der Waals surface area contributed by atoms with Crippen molar-refractivity contribution in [2.75, 3.05) is 0 Å². The van der Waals surface area contributed by atoms with Crippen LogP contribution in [0.25, 0.3) is 33.4 Å². The third kappa shape index (κ3) is 5.05. The van der Waals surface area contributed by atoms with Gasteiger partial charge in [0.15, 0.2) is 0 Å². The first kappa shape index (κ1) is 26.0. The molecule has 0 heterocycles. The summed E-state index contributed by atoms with van der Waals surface area (Å²) >= 11 is 0. The highest BCUT2D eigenvalue weighted by atomic mass is 14.3. The first-order valence-electron chi connectivity index (χ1n) is 13.7. The van der Waals surface area contributed by atoms with E-state index >= 15 is 0 Å². The van der Waals surface area contributed by atoms with Crippen LogP contribution in [0.15, 0.2) is 84.9 Å². The van der Waals surface area contributed by atoms with Gasteiger partial charge in [0.1, 0.15) is 0 Å². The van der Waals surface area contributed by atoms with Gasteiger partial charge in [0.25, 0.3) is 0 Å². The second kappa shape index (κ2) is 10.9. The summed E-state index contributed by atoms with van der Waals surface area (Å²) in [7, 11) is 0. The molecular formula is C36H42. The molecule has 4 rings (SSSR count). The van der Waals surface area contributed by atoms with Crippen molar-refractivity contribution in [2.45, 2.75) is 79.1 Å². The average molecular weight is 475 g/mol. The van der Waals surface area contributed by atoms with Gasteiger partial charge in [-0.1, -0.05) is 134 Å². The minimum Gasteiger partial charge on any atom is -0.0622 e. The van der Waals surface area contributed by atoms with Crippen LogP contribution in [0.5, 0.6) is 0 Å². The molecular weight excluding hydrogens is 432 g/mol. The molecule has 0 aromatic heterocycles. The Hall–Kier alpha value is -3.12. The summed E-state index contributed by atoms with van der Waals surface area (Å²) in [5.74, 6) is 1.78. The molecule has 0 aliphatic heterocycles. The molecule has 0 atom stereocenters. The van der Waals surface area contributed by atoms with Crippen molar-refractivity contribution in [3.63, 3.8) is 0 Å². The summed E-state index contributed by atoms with van der Waals surface area (Å²) in [6, 6.07) is 31.8. The predicted octanol–water partition coefficient (Wildman–Crippen LogP) is 11.2. The van der Waals surface area contributed by atoms with E-state index in [9.17, 15) is 0 Å². The molecule has 4 aromatic carbocycles. The first-order chi connectivity index (χ1) is 17.2. The molecule has 186 valence electrons. The number of rotatable bonds is 7. The van der Waals surface area contributed by atoms with E-state index in [0.29, 0.717) is 23.7 Å². The lowest BCUT2D eigenvalue weighted by atomic mass is 9.78. The van der Waals surface area contributed by atoms with E-state index in [4.69, 9.17) is 0 Å². The largest absolute Gasteiger partial charge is 0.0622 e. The highest BCUT2D eigenvalue weighted by Gasteiger charge is 2.23. The SMILES string of the molecule is CC(C)c1cccc(C(C)C)c1-c1ccc(-c2ccccc2)cc1-c1c(C(C)C)cccc1C(C)C. The molecule has 0 radical (unpaired) electrons. The van der Waals surface area contributed by atoms with Crippen LogP contribution >= 0.6 is 0 Å². The molecule has 0 spiro atoms. The third-order valence-corrected chi connectivity index (χ3v) is 7.41.